The average molecular weight is 359 g/mol. The van der Waals surface area contributed by atoms with Gasteiger partial charge in [-0.05, 0) is 31.7 Å². The van der Waals surface area contributed by atoms with Crippen molar-refractivity contribution in [1.29, 1.82) is 0 Å². The van der Waals surface area contributed by atoms with Gasteiger partial charge in [-0.25, -0.2) is 9.78 Å². The zero-order valence-corrected chi connectivity index (χ0v) is 15.8. The number of anilines is 1. The summed E-state index contributed by atoms with van der Waals surface area (Å²) in [4.78, 5) is 35.3. The fourth-order valence-electron chi connectivity index (χ4n) is 3.77. The summed E-state index contributed by atoms with van der Waals surface area (Å²) >= 11 is 0. The van der Waals surface area contributed by atoms with Crippen molar-refractivity contribution in [1.82, 2.24) is 20.1 Å². The largest absolute Gasteiger partial charge is 0.362 e. The number of carbonyl (C=O) groups is 2. The van der Waals surface area contributed by atoms with Gasteiger partial charge in [0.05, 0.1) is 5.92 Å². The van der Waals surface area contributed by atoms with Gasteiger partial charge in [-0.3, -0.25) is 4.79 Å². The van der Waals surface area contributed by atoms with Crippen LogP contribution in [0.25, 0.3) is 0 Å². The Morgan fingerprint density at radius 2 is 1.92 bits per heavy atom. The zero-order valence-electron chi connectivity index (χ0n) is 15.8. The summed E-state index contributed by atoms with van der Waals surface area (Å²) in [5.41, 5.74) is 0.992. The van der Waals surface area contributed by atoms with Gasteiger partial charge in [-0.1, -0.05) is 6.07 Å². The molecule has 0 saturated carbocycles. The first-order chi connectivity index (χ1) is 12.6. The molecule has 7 nitrogen and oxygen atoms in total. The summed E-state index contributed by atoms with van der Waals surface area (Å²) < 4.78 is 0. The van der Waals surface area contributed by atoms with Crippen molar-refractivity contribution >= 4 is 17.8 Å². The van der Waals surface area contributed by atoms with Gasteiger partial charge in [-0.2, -0.15) is 0 Å². The zero-order chi connectivity index (χ0) is 18.5. The summed E-state index contributed by atoms with van der Waals surface area (Å²) in [5, 5.41) is 3.04. The molecule has 3 rings (SSSR count). The third-order valence-electron chi connectivity index (χ3n) is 5.18. The fourth-order valence-corrected chi connectivity index (χ4v) is 3.77. The minimum Gasteiger partial charge on any atom is -0.362 e. The van der Waals surface area contributed by atoms with E-state index in [2.05, 4.69) is 10.3 Å². The maximum absolute atomic E-state index is 12.6. The van der Waals surface area contributed by atoms with Gasteiger partial charge >= 0.3 is 6.03 Å². The third-order valence-corrected chi connectivity index (χ3v) is 5.18. The molecule has 26 heavy (non-hydrogen) atoms. The van der Waals surface area contributed by atoms with Crippen molar-refractivity contribution < 1.29 is 9.59 Å². The molecule has 2 aliphatic heterocycles. The van der Waals surface area contributed by atoms with Crippen molar-refractivity contribution in [2.24, 2.45) is 5.92 Å². The number of aromatic nitrogens is 1. The van der Waals surface area contributed by atoms with Gasteiger partial charge in [0.1, 0.15) is 5.82 Å². The number of hydrogen-bond acceptors (Lipinski definition) is 4. The van der Waals surface area contributed by atoms with E-state index < -0.39 is 0 Å². The number of rotatable bonds is 4. The summed E-state index contributed by atoms with van der Waals surface area (Å²) in [5.74, 6) is 0.759. The van der Waals surface area contributed by atoms with Gasteiger partial charge in [0, 0.05) is 58.6 Å². The molecule has 142 valence electrons. The second kappa shape index (κ2) is 8.38. The lowest BCUT2D eigenvalue weighted by Gasteiger charge is -2.34. The number of amides is 3. The second-order valence-electron chi connectivity index (χ2n) is 7.36. The van der Waals surface area contributed by atoms with Crippen LogP contribution in [0.5, 0.6) is 0 Å². The number of hydrogen-bond donors (Lipinski definition) is 1. The van der Waals surface area contributed by atoms with Crippen molar-refractivity contribution in [3.05, 3.63) is 23.9 Å². The normalized spacial score (nSPS) is 20.2. The van der Waals surface area contributed by atoms with Crippen molar-refractivity contribution in [3.8, 4) is 0 Å². The monoisotopic (exact) mass is 359 g/mol. The van der Waals surface area contributed by atoms with E-state index in [-0.39, 0.29) is 17.9 Å². The van der Waals surface area contributed by atoms with Gasteiger partial charge < -0.3 is 20.0 Å². The number of likely N-dealkylation sites (tertiary alicyclic amines) is 2. The Hall–Kier alpha value is -2.31. The first kappa shape index (κ1) is 18.5. The Balaban J connectivity index is 1.55. The number of carbonyl (C=O) groups excluding carboxylic acids is 2. The third kappa shape index (κ3) is 4.26. The second-order valence-corrected chi connectivity index (χ2v) is 7.36. The van der Waals surface area contributed by atoms with Crippen LogP contribution in [0.4, 0.5) is 10.6 Å². The standard InChI is InChI=1S/C19H29N5O2/c1-22(2)17-15(7-5-9-20-17)13-21-18(25)16-8-6-12-24(14-16)19(26)23-10-3-4-11-23/h5,7,9,16H,3-4,6,8,10-14H2,1-2H3,(H,21,25)/t16-/m1/s1. The molecule has 2 aliphatic rings. The van der Waals surface area contributed by atoms with Gasteiger partial charge in [0.2, 0.25) is 5.91 Å². The quantitative estimate of drug-likeness (QED) is 0.888. The number of nitrogens with one attached hydrogen (secondary N) is 1. The lowest BCUT2D eigenvalue weighted by atomic mass is 9.97. The van der Waals surface area contributed by atoms with Crippen LogP contribution < -0.4 is 10.2 Å². The fraction of sp³-hybridized carbons (Fsp3) is 0.632. The van der Waals surface area contributed by atoms with Gasteiger partial charge in [0.15, 0.2) is 0 Å². The molecule has 0 spiro atoms. The summed E-state index contributed by atoms with van der Waals surface area (Å²) in [6, 6.07) is 3.96. The Kier molecular flexibility index (Phi) is 5.96. The van der Waals surface area contributed by atoms with E-state index in [0.29, 0.717) is 13.1 Å². The van der Waals surface area contributed by atoms with E-state index >= 15 is 0 Å². The van der Waals surface area contributed by atoms with Crippen molar-refractivity contribution in [3.63, 3.8) is 0 Å². The number of piperidine rings is 1. The maximum atomic E-state index is 12.6. The molecular formula is C19H29N5O2. The molecule has 3 heterocycles. The molecule has 0 bridgehead atoms. The summed E-state index contributed by atoms with van der Waals surface area (Å²) in [7, 11) is 3.88. The Labute approximate surface area is 155 Å². The molecule has 7 heteroatoms. The summed E-state index contributed by atoms with van der Waals surface area (Å²) in [6.45, 7) is 3.43. The molecule has 1 aromatic rings. The highest BCUT2D eigenvalue weighted by Crippen LogP contribution is 2.20. The van der Waals surface area contributed by atoms with Crippen LogP contribution in [0.3, 0.4) is 0 Å². The van der Waals surface area contributed by atoms with Crippen molar-refractivity contribution in [2.45, 2.75) is 32.2 Å². The number of nitrogens with zero attached hydrogens (tertiary/aromatic N) is 4. The number of urea groups is 1. The molecule has 2 fully saturated rings. The molecular weight excluding hydrogens is 330 g/mol. The molecule has 3 amide bonds. The molecule has 0 aliphatic carbocycles. The van der Waals surface area contributed by atoms with Crippen LogP contribution in [0.15, 0.2) is 18.3 Å². The van der Waals surface area contributed by atoms with Crippen LogP contribution in [0.2, 0.25) is 0 Å². The maximum Gasteiger partial charge on any atom is 0.320 e. The van der Waals surface area contributed by atoms with Gasteiger partial charge in [-0.15, -0.1) is 0 Å². The predicted octanol–water partition coefficient (Wildman–Crippen LogP) is 1.69. The molecule has 2 saturated heterocycles. The Bertz CT molecular complexity index is 643. The SMILES string of the molecule is CN(C)c1ncccc1CNC(=O)[C@@H]1CCCN(C(=O)N2CCCC2)C1. The smallest absolute Gasteiger partial charge is 0.320 e. The number of pyridine rings is 1. The topological polar surface area (TPSA) is 68.8 Å². The van der Waals surface area contributed by atoms with E-state index in [1.807, 2.05) is 40.9 Å². The van der Waals surface area contributed by atoms with E-state index in [1.165, 1.54) is 0 Å². The molecule has 0 radical (unpaired) electrons. The van der Waals surface area contributed by atoms with Crippen LogP contribution in [-0.2, 0) is 11.3 Å². The van der Waals surface area contributed by atoms with E-state index in [0.717, 1.165) is 56.7 Å². The molecule has 1 atom stereocenters. The lowest BCUT2D eigenvalue weighted by Crippen LogP contribution is -2.49. The Morgan fingerprint density at radius 3 is 2.65 bits per heavy atom. The molecule has 1 aromatic heterocycles. The first-order valence-corrected chi connectivity index (χ1v) is 9.49. The molecule has 1 N–H and O–H groups in total. The highest BCUT2D eigenvalue weighted by molar-refractivity contribution is 5.81. The lowest BCUT2D eigenvalue weighted by molar-refractivity contribution is -0.126. The highest BCUT2D eigenvalue weighted by atomic mass is 16.2. The molecule has 0 unspecified atom stereocenters. The summed E-state index contributed by atoms with van der Waals surface area (Å²) in [6.07, 6.45) is 5.64. The van der Waals surface area contributed by atoms with Crippen LogP contribution in [0.1, 0.15) is 31.2 Å². The van der Waals surface area contributed by atoms with Crippen LogP contribution in [-0.4, -0.2) is 67.0 Å². The predicted molar refractivity (Wildman–Crippen MR) is 101 cm³/mol. The van der Waals surface area contributed by atoms with Crippen molar-refractivity contribution in [2.75, 3.05) is 45.2 Å². The molecule has 0 aromatic carbocycles. The van der Waals surface area contributed by atoms with Crippen LogP contribution >= 0.6 is 0 Å². The first-order valence-electron chi connectivity index (χ1n) is 9.49. The van der Waals surface area contributed by atoms with E-state index in [4.69, 9.17) is 0 Å². The average Bonchev–Trinajstić information content (AvgIpc) is 3.20. The van der Waals surface area contributed by atoms with E-state index in [1.54, 1.807) is 6.20 Å². The van der Waals surface area contributed by atoms with E-state index in [9.17, 15) is 9.59 Å². The Morgan fingerprint density at radius 1 is 1.19 bits per heavy atom. The van der Waals surface area contributed by atoms with Gasteiger partial charge in [0.25, 0.3) is 0 Å². The highest BCUT2D eigenvalue weighted by Gasteiger charge is 2.31. The minimum absolute atomic E-state index is 0.0254. The minimum atomic E-state index is -0.130. The van der Waals surface area contributed by atoms with Crippen LogP contribution in [0, 0.1) is 5.92 Å².